The molecule has 17 heavy (non-hydrogen) atoms. The average Bonchev–Trinajstić information content (AvgIpc) is 2.33. The second-order valence-corrected chi connectivity index (χ2v) is 4.84. The van der Waals surface area contributed by atoms with Gasteiger partial charge in [-0.25, -0.2) is 0 Å². The van der Waals surface area contributed by atoms with Crippen molar-refractivity contribution in [2.75, 3.05) is 19.6 Å². The van der Waals surface area contributed by atoms with Crippen LogP contribution in [-0.2, 0) is 6.54 Å². The number of hydrogen-bond donors (Lipinski definition) is 1. The highest BCUT2D eigenvalue weighted by molar-refractivity contribution is 6.67. The van der Waals surface area contributed by atoms with E-state index in [1.54, 1.807) is 12.1 Å². The predicted molar refractivity (Wildman–Crippen MR) is 69.4 cm³/mol. The van der Waals surface area contributed by atoms with E-state index in [-0.39, 0.29) is 0 Å². The molecule has 2 rings (SSSR count). The number of piperazine rings is 1. The number of nitrogens with one attached hydrogen (secondary N) is 1. The number of carbonyl (C=O) groups excluding carboxylic acids is 1. The first kappa shape index (κ1) is 12.6. The summed E-state index contributed by atoms with van der Waals surface area (Å²) in [7, 11) is 0. The van der Waals surface area contributed by atoms with Crippen LogP contribution in [0.15, 0.2) is 24.3 Å². The lowest BCUT2D eigenvalue weighted by molar-refractivity contribution is 0.108. The predicted octanol–water partition coefficient (Wildman–Crippen LogP) is 1.86. The third-order valence-electron chi connectivity index (χ3n) is 3.21. The Labute approximate surface area is 107 Å². The summed E-state index contributed by atoms with van der Waals surface area (Å²) in [4.78, 5) is 13.4. The Hall–Kier alpha value is -0.900. The minimum absolute atomic E-state index is 0.396. The van der Waals surface area contributed by atoms with Crippen LogP contribution in [0.1, 0.15) is 22.8 Å². The van der Waals surface area contributed by atoms with E-state index in [4.69, 9.17) is 11.6 Å². The van der Waals surface area contributed by atoms with Gasteiger partial charge in [-0.1, -0.05) is 12.1 Å². The Kier molecular flexibility index (Phi) is 4.15. The van der Waals surface area contributed by atoms with Gasteiger partial charge in [0, 0.05) is 37.8 Å². The Morgan fingerprint density at radius 2 is 2.18 bits per heavy atom. The first-order valence-corrected chi connectivity index (χ1v) is 6.28. The number of halogens is 1. The molecule has 1 aromatic carbocycles. The van der Waals surface area contributed by atoms with E-state index < -0.39 is 5.24 Å². The standard InChI is InChI=1S/C13H17ClN2O/c1-10-8-15-6-7-16(10)9-11-2-4-12(5-3-11)13(14)17/h2-5,10,15H,6-9H2,1H3. The van der Waals surface area contributed by atoms with Crippen molar-refractivity contribution in [2.24, 2.45) is 0 Å². The van der Waals surface area contributed by atoms with E-state index in [1.165, 1.54) is 5.56 Å². The Balaban J connectivity index is 2.00. The zero-order chi connectivity index (χ0) is 12.3. The molecule has 1 fully saturated rings. The maximum atomic E-state index is 10.9. The summed E-state index contributed by atoms with van der Waals surface area (Å²) in [5.74, 6) is 0. The molecule has 92 valence electrons. The minimum Gasteiger partial charge on any atom is -0.314 e. The quantitative estimate of drug-likeness (QED) is 0.834. The van der Waals surface area contributed by atoms with Gasteiger partial charge in [-0.3, -0.25) is 9.69 Å². The van der Waals surface area contributed by atoms with Gasteiger partial charge in [0.1, 0.15) is 0 Å². The second-order valence-electron chi connectivity index (χ2n) is 4.49. The third-order valence-corrected chi connectivity index (χ3v) is 3.42. The van der Waals surface area contributed by atoms with Crippen LogP contribution in [0, 0.1) is 0 Å². The Morgan fingerprint density at radius 3 is 2.76 bits per heavy atom. The molecule has 1 atom stereocenters. The maximum Gasteiger partial charge on any atom is 0.252 e. The maximum absolute atomic E-state index is 10.9. The molecular weight excluding hydrogens is 236 g/mol. The molecule has 0 bridgehead atoms. The van der Waals surface area contributed by atoms with Gasteiger partial charge in [0.2, 0.25) is 0 Å². The lowest BCUT2D eigenvalue weighted by Gasteiger charge is -2.33. The molecule has 1 aliphatic heterocycles. The van der Waals surface area contributed by atoms with Crippen LogP contribution in [0.2, 0.25) is 0 Å². The molecule has 0 amide bonds. The molecule has 1 unspecified atom stereocenters. The fourth-order valence-corrected chi connectivity index (χ4v) is 2.22. The molecule has 1 aliphatic rings. The first-order valence-electron chi connectivity index (χ1n) is 5.90. The van der Waals surface area contributed by atoms with Crippen molar-refractivity contribution in [1.29, 1.82) is 0 Å². The molecule has 0 saturated carbocycles. The van der Waals surface area contributed by atoms with Crippen molar-refractivity contribution in [3.63, 3.8) is 0 Å². The fraction of sp³-hybridized carbons (Fsp3) is 0.462. The van der Waals surface area contributed by atoms with Crippen molar-refractivity contribution in [3.05, 3.63) is 35.4 Å². The Bertz CT molecular complexity index is 391. The lowest BCUT2D eigenvalue weighted by Crippen LogP contribution is -2.49. The first-order chi connectivity index (χ1) is 8.16. The highest BCUT2D eigenvalue weighted by Crippen LogP contribution is 2.12. The number of rotatable bonds is 3. The number of carbonyl (C=O) groups is 1. The Morgan fingerprint density at radius 1 is 1.47 bits per heavy atom. The smallest absolute Gasteiger partial charge is 0.252 e. The van der Waals surface area contributed by atoms with E-state index >= 15 is 0 Å². The average molecular weight is 253 g/mol. The van der Waals surface area contributed by atoms with Gasteiger partial charge >= 0.3 is 0 Å². The molecule has 0 aromatic heterocycles. The van der Waals surface area contributed by atoms with E-state index in [0.717, 1.165) is 26.2 Å². The van der Waals surface area contributed by atoms with Gasteiger partial charge in [-0.15, -0.1) is 0 Å². The van der Waals surface area contributed by atoms with Gasteiger partial charge in [0.05, 0.1) is 0 Å². The molecule has 1 N–H and O–H groups in total. The van der Waals surface area contributed by atoms with Crippen LogP contribution in [0.3, 0.4) is 0 Å². The highest BCUT2D eigenvalue weighted by atomic mass is 35.5. The summed E-state index contributed by atoms with van der Waals surface area (Å²) in [6, 6.07) is 8.09. The molecule has 1 aromatic rings. The van der Waals surface area contributed by atoms with E-state index in [0.29, 0.717) is 11.6 Å². The van der Waals surface area contributed by atoms with Crippen LogP contribution in [0.4, 0.5) is 0 Å². The van der Waals surface area contributed by atoms with E-state index in [1.807, 2.05) is 12.1 Å². The minimum atomic E-state index is -0.396. The summed E-state index contributed by atoms with van der Waals surface area (Å²) >= 11 is 5.41. The summed E-state index contributed by atoms with van der Waals surface area (Å²) in [6.07, 6.45) is 0. The van der Waals surface area contributed by atoms with Crippen LogP contribution in [0.5, 0.6) is 0 Å². The molecule has 0 radical (unpaired) electrons. The molecule has 0 spiro atoms. The van der Waals surface area contributed by atoms with Crippen molar-refractivity contribution in [3.8, 4) is 0 Å². The zero-order valence-corrected chi connectivity index (χ0v) is 10.7. The summed E-state index contributed by atoms with van der Waals surface area (Å²) in [6.45, 7) is 6.31. The summed E-state index contributed by atoms with van der Waals surface area (Å²) in [5, 5.41) is 2.97. The van der Waals surface area contributed by atoms with Gasteiger partial charge in [0.25, 0.3) is 5.24 Å². The summed E-state index contributed by atoms with van der Waals surface area (Å²) in [5.41, 5.74) is 1.78. The monoisotopic (exact) mass is 252 g/mol. The lowest BCUT2D eigenvalue weighted by atomic mass is 10.1. The molecule has 1 heterocycles. The third kappa shape index (κ3) is 3.28. The van der Waals surface area contributed by atoms with E-state index in [2.05, 4.69) is 17.1 Å². The highest BCUT2D eigenvalue weighted by Gasteiger charge is 2.17. The van der Waals surface area contributed by atoms with Crippen molar-refractivity contribution < 1.29 is 4.79 Å². The van der Waals surface area contributed by atoms with Crippen molar-refractivity contribution in [1.82, 2.24) is 10.2 Å². The second kappa shape index (κ2) is 5.63. The molecule has 3 nitrogen and oxygen atoms in total. The van der Waals surface area contributed by atoms with Crippen LogP contribution >= 0.6 is 11.6 Å². The normalized spacial score (nSPS) is 21.4. The molecule has 1 saturated heterocycles. The number of nitrogens with zero attached hydrogens (tertiary/aromatic N) is 1. The van der Waals surface area contributed by atoms with Gasteiger partial charge in [-0.05, 0) is 36.2 Å². The number of benzene rings is 1. The SMILES string of the molecule is CC1CNCCN1Cc1ccc(C(=O)Cl)cc1. The van der Waals surface area contributed by atoms with Crippen LogP contribution < -0.4 is 5.32 Å². The fourth-order valence-electron chi connectivity index (χ4n) is 2.09. The van der Waals surface area contributed by atoms with E-state index in [9.17, 15) is 4.79 Å². The van der Waals surface area contributed by atoms with Crippen molar-refractivity contribution >= 4 is 16.8 Å². The van der Waals surface area contributed by atoms with Gasteiger partial charge < -0.3 is 5.32 Å². The molecule has 4 heteroatoms. The van der Waals surface area contributed by atoms with Crippen LogP contribution in [-0.4, -0.2) is 35.8 Å². The summed E-state index contributed by atoms with van der Waals surface area (Å²) < 4.78 is 0. The molecule has 0 aliphatic carbocycles. The topological polar surface area (TPSA) is 32.3 Å². The van der Waals surface area contributed by atoms with Crippen LogP contribution in [0.25, 0.3) is 0 Å². The number of hydrogen-bond acceptors (Lipinski definition) is 3. The largest absolute Gasteiger partial charge is 0.314 e. The van der Waals surface area contributed by atoms with Crippen molar-refractivity contribution in [2.45, 2.75) is 19.5 Å². The zero-order valence-electron chi connectivity index (χ0n) is 9.95. The van der Waals surface area contributed by atoms with Gasteiger partial charge in [-0.2, -0.15) is 0 Å². The van der Waals surface area contributed by atoms with Gasteiger partial charge in [0.15, 0.2) is 0 Å². The molecular formula is C13H17ClN2O.